The fourth-order valence-electron chi connectivity index (χ4n) is 3.03. The fourth-order valence-corrected chi connectivity index (χ4v) is 3.56. The number of nitrogens with one attached hydrogen (secondary N) is 2. The Morgan fingerprint density at radius 2 is 1.96 bits per heavy atom. The van der Waals surface area contributed by atoms with Crippen LogP contribution >= 0.6 is 11.3 Å². The van der Waals surface area contributed by atoms with E-state index in [-0.39, 0.29) is 23.7 Å². The maximum Gasteiger partial charge on any atom is 0.272 e. The molecule has 0 unspecified atom stereocenters. The van der Waals surface area contributed by atoms with Crippen molar-refractivity contribution in [2.24, 2.45) is 7.05 Å². The molecule has 1 amide bonds. The Hall–Kier alpha value is -3.07. The first-order chi connectivity index (χ1) is 13.3. The second-order valence-electron chi connectivity index (χ2n) is 6.19. The van der Waals surface area contributed by atoms with E-state index < -0.39 is 17.5 Å². The van der Waals surface area contributed by atoms with Gasteiger partial charge in [-0.2, -0.15) is 0 Å². The lowest BCUT2D eigenvalue weighted by Gasteiger charge is -2.08. The average Bonchev–Trinajstić information content (AvgIpc) is 3.23. The summed E-state index contributed by atoms with van der Waals surface area (Å²) in [5, 5.41) is 7.93. The number of ketones is 1. The van der Waals surface area contributed by atoms with Gasteiger partial charge in [0, 0.05) is 41.6 Å². The molecule has 2 N–H and O–H groups in total. The van der Waals surface area contributed by atoms with Gasteiger partial charge in [0.25, 0.3) is 5.91 Å². The van der Waals surface area contributed by atoms with E-state index in [0.29, 0.717) is 22.0 Å². The topological polar surface area (TPSA) is 76.0 Å². The van der Waals surface area contributed by atoms with E-state index in [0.717, 1.165) is 12.1 Å². The first-order valence-corrected chi connectivity index (χ1v) is 9.26. The molecule has 28 heavy (non-hydrogen) atoms. The Kier molecular flexibility index (Phi) is 5.55. The van der Waals surface area contributed by atoms with Crippen molar-refractivity contribution in [1.82, 2.24) is 9.55 Å². The van der Waals surface area contributed by atoms with Gasteiger partial charge in [0.1, 0.15) is 5.69 Å². The molecule has 1 aromatic carbocycles. The van der Waals surface area contributed by atoms with Gasteiger partial charge in [0.05, 0.1) is 6.54 Å². The minimum atomic E-state index is -1.05. The van der Waals surface area contributed by atoms with Crippen molar-refractivity contribution in [2.45, 2.75) is 13.8 Å². The van der Waals surface area contributed by atoms with Crippen LogP contribution in [0.2, 0.25) is 0 Å². The van der Waals surface area contributed by atoms with Crippen molar-refractivity contribution in [3.05, 3.63) is 63.9 Å². The highest BCUT2D eigenvalue weighted by atomic mass is 32.1. The van der Waals surface area contributed by atoms with Gasteiger partial charge in [0.2, 0.25) is 0 Å². The summed E-state index contributed by atoms with van der Waals surface area (Å²) in [5.74, 6) is -2.74. The molecule has 0 radical (unpaired) electrons. The van der Waals surface area contributed by atoms with Gasteiger partial charge in [-0.1, -0.05) is 0 Å². The first-order valence-electron chi connectivity index (χ1n) is 8.38. The molecule has 146 valence electrons. The van der Waals surface area contributed by atoms with Crippen molar-refractivity contribution in [2.75, 3.05) is 17.2 Å². The zero-order valence-corrected chi connectivity index (χ0v) is 16.3. The molecule has 0 saturated heterocycles. The Morgan fingerprint density at radius 3 is 2.61 bits per heavy atom. The second-order valence-corrected chi connectivity index (χ2v) is 7.08. The predicted molar refractivity (Wildman–Crippen MR) is 104 cm³/mol. The lowest BCUT2D eigenvalue weighted by Crippen LogP contribution is -2.17. The number of nitrogens with zero attached hydrogens (tertiary/aromatic N) is 2. The van der Waals surface area contributed by atoms with Crippen LogP contribution in [-0.2, 0) is 7.05 Å². The molecule has 9 heteroatoms. The number of anilines is 2. The third kappa shape index (κ3) is 3.79. The van der Waals surface area contributed by atoms with Gasteiger partial charge in [-0.25, -0.2) is 13.8 Å². The highest BCUT2D eigenvalue weighted by Gasteiger charge is 2.25. The van der Waals surface area contributed by atoms with Crippen molar-refractivity contribution in [3.8, 4) is 0 Å². The van der Waals surface area contributed by atoms with Gasteiger partial charge < -0.3 is 15.2 Å². The first kappa shape index (κ1) is 19.7. The lowest BCUT2D eigenvalue weighted by molar-refractivity contribution is 0.100. The standard InChI is InChI=1S/C19H18F2N4O2S/c1-10-16(15(26)9-23-19-22-6-7-28-19)11(2)25(3)17(10)18(27)24-12-4-5-13(20)14(21)8-12/h4-8H,9H2,1-3H3,(H,22,23)(H,24,27). The molecule has 3 aromatic rings. The minimum absolute atomic E-state index is 0.0451. The van der Waals surface area contributed by atoms with Crippen LogP contribution in [-0.4, -0.2) is 27.8 Å². The zero-order valence-electron chi connectivity index (χ0n) is 15.5. The molecule has 6 nitrogen and oxygen atoms in total. The molecule has 2 aromatic heterocycles. The summed E-state index contributed by atoms with van der Waals surface area (Å²) < 4.78 is 28.1. The number of halogens is 2. The Bertz CT molecular complexity index is 1040. The number of amides is 1. The molecule has 2 heterocycles. The van der Waals surface area contributed by atoms with Crippen LogP contribution in [0.25, 0.3) is 0 Å². The van der Waals surface area contributed by atoms with Crippen molar-refractivity contribution in [1.29, 1.82) is 0 Å². The van der Waals surface area contributed by atoms with Crippen molar-refractivity contribution >= 4 is 33.8 Å². The number of benzene rings is 1. The summed E-state index contributed by atoms with van der Waals surface area (Å²) in [6, 6.07) is 3.11. The summed E-state index contributed by atoms with van der Waals surface area (Å²) >= 11 is 1.38. The molecule has 0 saturated carbocycles. The zero-order chi connectivity index (χ0) is 20.4. The largest absolute Gasteiger partial charge is 0.354 e. The third-order valence-corrected chi connectivity index (χ3v) is 5.17. The summed E-state index contributed by atoms with van der Waals surface area (Å²) in [6.45, 7) is 3.48. The van der Waals surface area contributed by atoms with E-state index in [2.05, 4.69) is 15.6 Å². The molecule has 3 rings (SSSR count). The summed E-state index contributed by atoms with van der Waals surface area (Å²) in [4.78, 5) is 29.5. The van der Waals surface area contributed by atoms with E-state index >= 15 is 0 Å². The normalized spacial score (nSPS) is 10.8. The SMILES string of the molecule is Cc1c(C(=O)CNc2nccs2)c(C)n(C)c1C(=O)Nc1ccc(F)c(F)c1. The number of hydrogen-bond donors (Lipinski definition) is 2. The number of carbonyl (C=O) groups is 2. The molecule has 0 spiro atoms. The highest BCUT2D eigenvalue weighted by molar-refractivity contribution is 7.13. The predicted octanol–water partition coefficient (Wildman–Crippen LogP) is 3.92. The molecule has 0 aliphatic heterocycles. The molecule has 0 aliphatic rings. The van der Waals surface area contributed by atoms with Crippen molar-refractivity contribution < 1.29 is 18.4 Å². The van der Waals surface area contributed by atoms with Crippen LogP contribution in [0.3, 0.4) is 0 Å². The number of hydrogen-bond acceptors (Lipinski definition) is 5. The van der Waals surface area contributed by atoms with Crippen LogP contribution in [0.15, 0.2) is 29.8 Å². The Morgan fingerprint density at radius 1 is 1.21 bits per heavy atom. The number of rotatable bonds is 6. The van der Waals surface area contributed by atoms with E-state index in [1.807, 2.05) is 0 Å². The summed E-state index contributed by atoms with van der Waals surface area (Å²) in [6.07, 6.45) is 1.64. The van der Waals surface area contributed by atoms with E-state index in [1.165, 1.54) is 17.4 Å². The van der Waals surface area contributed by atoms with E-state index in [1.54, 1.807) is 37.0 Å². The smallest absolute Gasteiger partial charge is 0.272 e. The monoisotopic (exact) mass is 404 g/mol. The highest BCUT2D eigenvalue weighted by Crippen LogP contribution is 2.24. The molecule has 0 atom stereocenters. The second kappa shape index (κ2) is 7.89. The van der Waals surface area contributed by atoms with Gasteiger partial charge in [-0.05, 0) is 31.5 Å². The maximum atomic E-state index is 13.4. The minimum Gasteiger partial charge on any atom is -0.354 e. The van der Waals surface area contributed by atoms with Gasteiger partial charge in [-0.15, -0.1) is 11.3 Å². The fraction of sp³-hybridized carbons (Fsp3) is 0.211. The summed E-state index contributed by atoms with van der Waals surface area (Å²) in [7, 11) is 1.67. The lowest BCUT2D eigenvalue weighted by atomic mass is 10.1. The molecule has 0 aliphatic carbocycles. The van der Waals surface area contributed by atoms with Crippen molar-refractivity contribution in [3.63, 3.8) is 0 Å². The van der Waals surface area contributed by atoms with Crippen LogP contribution in [0, 0.1) is 25.5 Å². The van der Waals surface area contributed by atoms with E-state index in [4.69, 9.17) is 0 Å². The van der Waals surface area contributed by atoms with Crippen LogP contribution in [0.5, 0.6) is 0 Å². The maximum absolute atomic E-state index is 13.4. The van der Waals surface area contributed by atoms with Crippen LogP contribution in [0.4, 0.5) is 19.6 Å². The summed E-state index contributed by atoms with van der Waals surface area (Å²) in [5.41, 5.74) is 2.01. The van der Waals surface area contributed by atoms with Gasteiger partial charge in [-0.3, -0.25) is 9.59 Å². The quantitative estimate of drug-likeness (QED) is 0.611. The van der Waals surface area contributed by atoms with E-state index in [9.17, 15) is 18.4 Å². The average molecular weight is 404 g/mol. The molecule has 0 fully saturated rings. The third-order valence-electron chi connectivity index (χ3n) is 4.43. The number of thiazole rings is 1. The molecule has 0 bridgehead atoms. The molecular formula is C19H18F2N4O2S. The number of aromatic nitrogens is 2. The Labute approximate surface area is 164 Å². The van der Waals surface area contributed by atoms with Crippen LogP contribution < -0.4 is 10.6 Å². The van der Waals surface area contributed by atoms with Gasteiger partial charge in [0.15, 0.2) is 22.5 Å². The Balaban J connectivity index is 1.83. The number of Topliss-reactive ketones (excluding diaryl/α,β-unsaturated/α-hetero) is 1. The molecular weight excluding hydrogens is 386 g/mol. The van der Waals surface area contributed by atoms with Crippen LogP contribution in [0.1, 0.15) is 32.1 Å². The number of carbonyl (C=O) groups excluding carboxylic acids is 2. The van der Waals surface area contributed by atoms with Gasteiger partial charge >= 0.3 is 0 Å².